The average molecular weight is 470 g/mol. The summed E-state index contributed by atoms with van der Waals surface area (Å²) in [4.78, 5) is 9.28. The van der Waals surface area contributed by atoms with Gasteiger partial charge in [0, 0.05) is 35.6 Å². The van der Waals surface area contributed by atoms with E-state index in [4.69, 9.17) is 9.72 Å². The molecule has 5 heterocycles. The number of piperidine rings is 1. The predicted molar refractivity (Wildman–Crippen MR) is 128 cm³/mol. The van der Waals surface area contributed by atoms with E-state index in [-0.39, 0.29) is 0 Å². The maximum atomic E-state index is 13.0. The summed E-state index contributed by atoms with van der Waals surface area (Å²) >= 11 is 0. The zero-order chi connectivity index (χ0) is 24.1. The fourth-order valence-corrected chi connectivity index (χ4v) is 4.00. The number of ether oxygens (including phenoxy) is 1. The Labute approximate surface area is 197 Å². The Morgan fingerprint density at radius 3 is 2.65 bits per heavy atom. The minimum atomic E-state index is -2.71. The van der Waals surface area contributed by atoms with Gasteiger partial charge in [-0.1, -0.05) is 19.9 Å². The highest BCUT2D eigenvalue weighted by Crippen LogP contribution is 2.33. The fourth-order valence-electron chi connectivity index (χ4n) is 4.00. The highest BCUT2D eigenvalue weighted by molar-refractivity contribution is 5.73. The molecule has 8 nitrogen and oxygen atoms in total. The Balaban J connectivity index is 0.00000133. The third-order valence-electron chi connectivity index (χ3n) is 5.64. The minimum absolute atomic E-state index is 0.392. The summed E-state index contributed by atoms with van der Waals surface area (Å²) in [5, 5.41) is 10.6. The van der Waals surface area contributed by atoms with Crippen molar-refractivity contribution in [3.8, 4) is 28.3 Å². The number of methoxy groups -OCH3 is 1. The maximum Gasteiger partial charge on any atom is 0.333 e. The lowest BCUT2D eigenvalue weighted by Crippen LogP contribution is -2.35. The Morgan fingerprint density at radius 1 is 1.15 bits per heavy atom. The van der Waals surface area contributed by atoms with E-state index in [1.165, 1.54) is 19.5 Å². The normalized spacial score (nSPS) is 14.2. The quantitative estimate of drug-likeness (QED) is 0.420. The van der Waals surface area contributed by atoms with Crippen molar-refractivity contribution in [3.05, 3.63) is 49.1 Å². The van der Waals surface area contributed by atoms with Crippen LogP contribution in [-0.2, 0) is 0 Å². The monoisotopic (exact) mass is 469 g/mol. The van der Waals surface area contributed by atoms with Crippen LogP contribution in [0.5, 0.6) is 5.75 Å². The molecule has 1 aliphatic heterocycles. The van der Waals surface area contributed by atoms with Crippen LogP contribution in [0, 0.1) is 0 Å². The van der Waals surface area contributed by atoms with Gasteiger partial charge < -0.3 is 15.4 Å². The first-order chi connectivity index (χ1) is 16.6. The van der Waals surface area contributed by atoms with Crippen LogP contribution in [0.2, 0.25) is 0 Å². The number of aromatic nitrogens is 5. The van der Waals surface area contributed by atoms with Crippen molar-refractivity contribution in [2.75, 3.05) is 25.5 Å². The number of hydrogen-bond donors (Lipinski definition) is 2. The van der Waals surface area contributed by atoms with Crippen molar-refractivity contribution in [3.63, 3.8) is 0 Å². The van der Waals surface area contributed by atoms with E-state index in [1.54, 1.807) is 12.3 Å². The number of pyridine rings is 2. The molecule has 0 aliphatic carbocycles. The number of alkyl halides is 2. The highest BCUT2D eigenvalue weighted by Gasteiger charge is 2.17. The van der Waals surface area contributed by atoms with Gasteiger partial charge in [-0.2, -0.15) is 13.9 Å². The van der Waals surface area contributed by atoms with Crippen molar-refractivity contribution in [1.29, 1.82) is 0 Å². The van der Waals surface area contributed by atoms with Gasteiger partial charge in [0.1, 0.15) is 17.2 Å². The third kappa shape index (κ3) is 4.86. The van der Waals surface area contributed by atoms with E-state index < -0.39 is 6.55 Å². The number of fused-ring (bicyclic) bond motifs is 1. The number of rotatable bonds is 6. The number of halogens is 2. The van der Waals surface area contributed by atoms with E-state index >= 15 is 0 Å². The molecule has 4 aromatic rings. The molecule has 0 radical (unpaired) electrons. The van der Waals surface area contributed by atoms with Crippen LogP contribution in [0.4, 0.5) is 14.6 Å². The van der Waals surface area contributed by atoms with Gasteiger partial charge in [-0.25, -0.2) is 14.6 Å². The van der Waals surface area contributed by atoms with Crippen LogP contribution in [0.3, 0.4) is 0 Å². The topological polar surface area (TPSA) is 81.3 Å². The van der Waals surface area contributed by atoms with Gasteiger partial charge in [0.2, 0.25) is 0 Å². The molecule has 0 unspecified atom stereocenters. The first-order valence-corrected chi connectivity index (χ1v) is 11.4. The molecule has 1 saturated heterocycles. The van der Waals surface area contributed by atoms with Crippen molar-refractivity contribution in [2.45, 2.75) is 39.3 Å². The minimum Gasteiger partial charge on any atom is -0.496 e. The van der Waals surface area contributed by atoms with E-state index in [0.717, 1.165) is 43.1 Å². The molecule has 1 aliphatic rings. The molecular formula is C24H29F2N7O. The molecule has 0 aromatic carbocycles. The van der Waals surface area contributed by atoms with E-state index in [1.807, 2.05) is 42.6 Å². The first-order valence-electron chi connectivity index (χ1n) is 11.4. The SMILES string of the molecule is CC.COc1cc2ncc(-c3cccc(NC4CCNCC4)n3)n2cc1-c1cnn(C(F)F)c1. The molecule has 1 fully saturated rings. The lowest BCUT2D eigenvalue weighted by Gasteiger charge is -2.24. The van der Waals surface area contributed by atoms with E-state index in [9.17, 15) is 8.78 Å². The molecule has 0 saturated carbocycles. The van der Waals surface area contributed by atoms with Crippen LogP contribution in [-0.4, -0.2) is 50.4 Å². The van der Waals surface area contributed by atoms with Gasteiger partial charge in [0.05, 0.1) is 30.9 Å². The van der Waals surface area contributed by atoms with Gasteiger partial charge in [0.15, 0.2) is 0 Å². The second-order valence-electron chi connectivity index (χ2n) is 7.69. The molecule has 0 atom stereocenters. The smallest absolute Gasteiger partial charge is 0.333 e. The summed E-state index contributed by atoms with van der Waals surface area (Å²) in [5.41, 5.74) is 3.38. The molecule has 0 spiro atoms. The zero-order valence-electron chi connectivity index (χ0n) is 19.5. The van der Waals surface area contributed by atoms with Crippen LogP contribution >= 0.6 is 0 Å². The summed E-state index contributed by atoms with van der Waals surface area (Å²) in [6.07, 6.45) is 8.37. The molecule has 4 aromatic heterocycles. The summed E-state index contributed by atoms with van der Waals surface area (Å²) < 4.78 is 34.0. The van der Waals surface area contributed by atoms with Crippen molar-refractivity contribution >= 4 is 11.5 Å². The maximum absolute atomic E-state index is 13.0. The second kappa shape index (κ2) is 10.6. The van der Waals surface area contributed by atoms with Gasteiger partial charge in [-0.3, -0.25) is 4.40 Å². The predicted octanol–water partition coefficient (Wildman–Crippen LogP) is 4.85. The third-order valence-corrected chi connectivity index (χ3v) is 5.64. The number of imidazole rings is 1. The van der Waals surface area contributed by atoms with Crippen LogP contribution < -0.4 is 15.4 Å². The molecule has 0 amide bonds. The zero-order valence-corrected chi connectivity index (χ0v) is 19.5. The Hall–Kier alpha value is -3.53. The molecule has 10 heteroatoms. The van der Waals surface area contributed by atoms with Crippen molar-refractivity contribution in [2.24, 2.45) is 0 Å². The highest BCUT2D eigenvalue weighted by atomic mass is 19.3. The first kappa shape index (κ1) is 23.6. The van der Waals surface area contributed by atoms with E-state index in [0.29, 0.717) is 33.2 Å². The van der Waals surface area contributed by atoms with E-state index in [2.05, 4.69) is 20.7 Å². The number of hydrogen-bond acceptors (Lipinski definition) is 6. The summed E-state index contributed by atoms with van der Waals surface area (Å²) in [7, 11) is 1.54. The lowest BCUT2D eigenvalue weighted by molar-refractivity contribution is 0.0566. The van der Waals surface area contributed by atoms with Crippen LogP contribution in [0.25, 0.3) is 28.2 Å². The van der Waals surface area contributed by atoms with Gasteiger partial charge in [0.25, 0.3) is 0 Å². The summed E-state index contributed by atoms with van der Waals surface area (Å²) in [6.45, 7) is 3.29. The Kier molecular flexibility index (Phi) is 7.36. The second-order valence-corrected chi connectivity index (χ2v) is 7.69. The number of nitrogens with one attached hydrogen (secondary N) is 2. The van der Waals surface area contributed by atoms with Gasteiger partial charge in [-0.15, -0.1) is 0 Å². The average Bonchev–Trinajstić information content (AvgIpc) is 3.53. The Morgan fingerprint density at radius 2 is 1.94 bits per heavy atom. The van der Waals surface area contributed by atoms with Gasteiger partial charge >= 0.3 is 6.55 Å². The number of nitrogens with zero attached hydrogens (tertiary/aromatic N) is 5. The number of anilines is 1. The molecule has 0 bridgehead atoms. The van der Waals surface area contributed by atoms with Crippen LogP contribution in [0.15, 0.2) is 49.1 Å². The largest absolute Gasteiger partial charge is 0.496 e. The van der Waals surface area contributed by atoms with Crippen LogP contribution in [0.1, 0.15) is 33.2 Å². The van der Waals surface area contributed by atoms with Crippen molar-refractivity contribution in [1.82, 2.24) is 29.5 Å². The Bertz CT molecular complexity index is 1230. The molecule has 34 heavy (non-hydrogen) atoms. The fraction of sp³-hybridized carbons (Fsp3) is 0.375. The summed E-state index contributed by atoms with van der Waals surface area (Å²) in [5.74, 6) is 1.34. The van der Waals surface area contributed by atoms with Crippen molar-refractivity contribution < 1.29 is 13.5 Å². The van der Waals surface area contributed by atoms with Gasteiger partial charge in [-0.05, 0) is 38.1 Å². The molecule has 2 N–H and O–H groups in total. The summed E-state index contributed by atoms with van der Waals surface area (Å²) in [6, 6.07) is 8.01. The lowest BCUT2D eigenvalue weighted by atomic mass is 10.1. The molecule has 180 valence electrons. The standard InChI is InChI=1S/C22H23F2N7O.C2H6/c1-32-19-9-21-26-11-18(30(21)13-16(19)14-10-27-31(12-14)22(23)24)17-3-2-4-20(29-17)28-15-5-7-25-8-6-15;1-2/h2-4,9-13,15,22,25H,5-8H2,1H3,(H,28,29);1-2H3. The molecular weight excluding hydrogens is 440 g/mol. The molecule has 5 rings (SSSR count).